The van der Waals surface area contributed by atoms with Crippen LogP contribution in [-0.4, -0.2) is 42.3 Å². The monoisotopic (exact) mass is 511 g/mol. The molecule has 0 radical (unpaired) electrons. The van der Waals surface area contributed by atoms with Gasteiger partial charge in [-0.2, -0.15) is 0 Å². The first-order chi connectivity index (χ1) is 13.8. The van der Waals surface area contributed by atoms with Crippen molar-refractivity contribution in [1.82, 2.24) is 20.2 Å². The van der Waals surface area contributed by atoms with E-state index in [1.807, 2.05) is 23.2 Å². The van der Waals surface area contributed by atoms with Crippen LogP contribution in [0.2, 0.25) is 0 Å². The second-order valence-electron chi connectivity index (χ2n) is 7.60. The number of hydrogen-bond donors (Lipinski definition) is 2. The molecular weight excluding hydrogens is 477 g/mol. The molecule has 1 aromatic heterocycles. The topological polar surface area (TPSA) is 63.5 Å². The molecule has 7 heteroatoms. The summed E-state index contributed by atoms with van der Waals surface area (Å²) in [6, 6.07) is 8.33. The second-order valence-corrected chi connectivity index (χ2v) is 7.60. The van der Waals surface area contributed by atoms with Crippen LogP contribution in [-0.2, 0) is 11.3 Å². The van der Waals surface area contributed by atoms with Crippen molar-refractivity contribution in [2.75, 3.05) is 26.8 Å². The van der Waals surface area contributed by atoms with Gasteiger partial charge in [0.15, 0.2) is 5.96 Å². The average Bonchev–Trinajstić information content (AvgIpc) is 3.41. The third-order valence-corrected chi connectivity index (χ3v) is 5.66. The fourth-order valence-electron chi connectivity index (χ4n) is 4.03. The van der Waals surface area contributed by atoms with Crippen LogP contribution < -0.4 is 10.6 Å². The van der Waals surface area contributed by atoms with Crippen molar-refractivity contribution in [3.8, 4) is 5.69 Å². The van der Waals surface area contributed by atoms with Crippen molar-refractivity contribution in [2.45, 2.75) is 45.6 Å². The number of para-hydroxylation sites is 1. The van der Waals surface area contributed by atoms with Gasteiger partial charge < -0.3 is 19.9 Å². The van der Waals surface area contributed by atoms with E-state index >= 15 is 0 Å². The van der Waals surface area contributed by atoms with E-state index in [4.69, 9.17) is 9.73 Å². The number of guanidine groups is 1. The molecule has 1 aromatic carbocycles. The zero-order chi connectivity index (χ0) is 19.7. The Morgan fingerprint density at radius 2 is 2.03 bits per heavy atom. The predicted octanol–water partition coefficient (Wildman–Crippen LogP) is 4.14. The van der Waals surface area contributed by atoms with Gasteiger partial charge >= 0.3 is 0 Å². The quantitative estimate of drug-likeness (QED) is 0.302. The Hall–Kier alpha value is -1.61. The molecule has 2 N–H and O–H groups in total. The highest BCUT2D eigenvalue weighted by molar-refractivity contribution is 14.0. The first-order valence-electron chi connectivity index (χ1n) is 10.3. The maximum absolute atomic E-state index is 5.36. The molecule has 0 bridgehead atoms. The van der Waals surface area contributed by atoms with Crippen LogP contribution in [0.4, 0.5) is 0 Å². The summed E-state index contributed by atoms with van der Waals surface area (Å²) in [5.41, 5.74) is 2.63. The lowest BCUT2D eigenvalue weighted by molar-refractivity contribution is 0.138. The van der Waals surface area contributed by atoms with Crippen LogP contribution in [0.3, 0.4) is 0 Å². The zero-order valence-electron chi connectivity index (χ0n) is 17.6. The van der Waals surface area contributed by atoms with Crippen molar-refractivity contribution < 1.29 is 4.74 Å². The third kappa shape index (κ3) is 6.70. The lowest BCUT2D eigenvalue weighted by Gasteiger charge is -2.30. The zero-order valence-corrected chi connectivity index (χ0v) is 19.9. The van der Waals surface area contributed by atoms with E-state index in [9.17, 15) is 0 Å². The van der Waals surface area contributed by atoms with Gasteiger partial charge in [0.05, 0.1) is 18.6 Å². The summed E-state index contributed by atoms with van der Waals surface area (Å²) in [7, 11) is 1.79. The Bertz CT molecular complexity index is 741. The van der Waals surface area contributed by atoms with E-state index in [0.717, 1.165) is 37.8 Å². The normalized spacial score (nSPS) is 15.7. The van der Waals surface area contributed by atoms with Crippen LogP contribution in [0.1, 0.15) is 44.6 Å². The van der Waals surface area contributed by atoms with Gasteiger partial charge in [0, 0.05) is 39.2 Å². The van der Waals surface area contributed by atoms with E-state index in [0.29, 0.717) is 12.0 Å². The lowest BCUT2D eigenvalue weighted by Crippen LogP contribution is -2.43. The van der Waals surface area contributed by atoms with Crippen molar-refractivity contribution in [2.24, 2.45) is 10.4 Å². The molecule has 0 atom stereocenters. The summed E-state index contributed by atoms with van der Waals surface area (Å²) >= 11 is 0. The molecule has 29 heavy (non-hydrogen) atoms. The highest BCUT2D eigenvalue weighted by Crippen LogP contribution is 2.40. The molecule has 1 fully saturated rings. The first kappa shape index (κ1) is 23.7. The van der Waals surface area contributed by atoms with Gasteiger partial charge in [-0.05, 0) is 43.2 Å². The molecular formula is C22H34IN5O. The van der Waals surface area contributed by atoms with Crippen molar-refractivity contribution >= 4 is 29.9 Å². The van der Waals surface area contributed by atoms with Gasteiger partial charge in [-0.25, -0.2) is 9.98 Å². The number of nitrogens with one attached hydrogen (secondary N) is 2. The summed E-state index contributed by atoms with van der Waals surface area (Å²) in [6.45, 7) is 5.35. The van der Waals surface area contributed by atoms with Gasteiger partial charge in [0.2, 0.25) is 0 Å². The number of methoxy groups -OCH3 is 1. The molecule has 1 aliphatic rings. The minimum Gasteiger partial charge on any atom is -0.385 e. The van der Waals surface area contributed by atoms with Crippen molar-refractivity contribution in [3.63, 3.8) is 0 Å². The Labute approximate surface area is 191 Å². The van der Waals surface area contributed by atoms with Gasteiger partial charge in [0.25, 0.3) is 0 Å². The molecule has 3 rings (SSSR count). The smallest absolute Gasteiger partial charge is 0.191 e. The van der Waals surface area contributed by atoms with Gasteiger partial charge in [0.1, 0.15) is 0 Å². The van der Waals surface area contributed by atoms with Crippen molar-refractivity contribution in [1.29, 1.82) is 0 Å². The van der Waals surface area contributed by atoms with E-state index < -0.39 is 0 Å². The summed E-state index contributed by atoms with van der Waals surface area (Å²) in [5.74, 6) is 0.881. The van der Waals surface area contributed by atoms with Crippen LogP contribution >= 0.6 is 24.0 Å². The summed E-state index contributed by atoms with van der Waals surface area (Å²) in [5, 5.41) is 6.99. The highest BCUT2D eigenvalue weighted by Gasteiger charge is 2.33. The molecule has 0 spiro atoms. The molecule has 0 unspecified atom stereocenters. The average molecular weight is 511 g/mol. The van der Waals surface area contributed by atoms with E-state index in [-0.39, 0.29) is 24.0 Å². The largest absolute Gasteiger partial charge is 0.385 e. The number of imidazole rings is 1. The number of aliphatic imine (C=N–C) groups is 1. The third-order valence-electron chi connectivity index (χ3n) is 5.66. The van der Waals surface area contributed by atoms with Gasteiger partial charge in [-0.15, -0.1) is 24.0 Å². The molecule has 1 saturated carbocycles. The molecule has 0 saturated heterocycles. The second kappa shape index (κ2) is 12.2. The number of rotatable bonds is 9. The number of nitrogens with zero attached hydrogens (tertiary/aromatic N) is 3. The number of benzene rings is 1. The molecule has 2 aromatic rings. The summed E-state index contributed by atoms with van der Waals surface area (Å²) in [4.78, 5) is 9.02. The van der Waals surface area contributed by atoms with E-state index in [1.165, 1.54) is 31.2 Å². The maximum Gasteiger partial charge on any atom is 0.191 e. The first-order valence-corrected chi connectivity index (χ1v) is 10.3. The Morgan fingerprint density at radius 1 is 1.24 bits per heavy atom. The molecule has 0 amide bonds. The summed E-state index contributed by atoms with van der Waals surface area (Å²) < 4.78 is 7.39. The van der Waals surface area contributed by atoms with Crippen molar-refractivity contribution in [3.05, 3.63) is 48.5 Å². The number of halogens is 1. The fourth-order valence-corrected chi connectivity index (χ4v) is 4.03. The number of aromatic nitrogens is 2. The number of hydrogen-bond acceptors (Lipinski definition) is 3. The molecule has 6 nitrogen and oxygen atoms in total. The highest BCUT2D eigenvalue weighted by atomic mass is 127. The predicted molar refractivity (Wildman–Crippen MR) is 129 cm³/mol. The van der Waals surface area contributed by atoms with E-state index in [1.54, 1.807) is 13.3 Å². The van der Waals surface area contributed by atoms with Crippen LogP contribution in [0, 0.1) is 5.41 Å². The van der Waals surface area contributed by atoms with Crippen LogP contribution in [0.25, 0.3) is 5.69 Å². The van der Waals surface area contributed by atoms with E-state index in [2.05, 4.69) is 40.7 Å². The number of ether oxygens (including phenoxy) is 1. The summed E-state index contributed by atoms with van der Waals surface area (Å²) in [6.07, 6.45) is 11.9. The Balaban J connectivity index is 0.00000300. The standard InChI is InChI=1S/C22H33N5O.HI/c1-3-24-21(26-17-22(12-15-28-2)10-6-7-11-22)25-16-19-8-4-5-9-20(19)27-14-13-23-18-27;/h4-5,8-9,13-14,18H,3,6-7,10-12,15-17H2,1-2H3,(H2,24,25,26);1H. The fraction of sp³-hybridized carbons (Fsp3) is 0.545. The van der Waals surface area contributed by atoms with Gasteiger partial charge in [-0.1, -0.05) is 31.0 Å². The Morgan fingerprint density at radius 3 is 2.72 bits per heavy atom. The van der Waals surface area contributed by atoms with Gasteiger partial charge in [-0.3, -0.25) is 0 Å². The minimum absolute atomic E-state index is 0. The SMILES string of the molecule is CCNC(=NCc1ccccc1-n1ccnc1)NCC1(CCOC)CCCC1.I. The Kier molecular flexibility index (Phi) is 9.93. The molecule has 0 aliphatic heterocycles. The minimum atomic E-state index is 0. The molecule has 1 heterocycles. The molecule has 1 aliphatic carbocycles. The molecule has 160 valence electrons. The van der Waals surface area contributed by atoms with Crippen LogP contribution in [0.15, 0.2) is 48.0 Å². The lowest BCUT2D eigenvalue weighted by atomic mass is 9.83. The van der Waals surface area contributed by atoms with Crippen LogP contribution in [0.5, 0.6) is 0 Å². The maximum atomic E-state index is 5.36.